The van der Waals surface area contributed by atoms with E-state index in [1.165, 1.54) is 31.0 Å². The Bertz CT molecular complexity index is 876. The summed E-state index contributed by atoms with van der Waals surface area (Å²) in [6.45, 7) is 1.83. The minimum Gasteiger partial charge on any atom is -0.464 e. The summed E-state index contributed by atoms with van der Waals surface area (Å²) in [4.78, 5) is 25.5. The highest BCUT2D eigenvalue weighted by Crippen LogP contribution is 2.42. The monoisotopic (exact) mass is 399 g/mol. The number of ether oxygens (including phenoxy) is 2. The van der Waals surface area contributed by atoms with E-state index < -0.39 is 33.5 Å². The first-order chi connectivity index (χ1) is 12.3. The second-order valence-corrected chi connectivity index (χ2v) is 8.33. The van der Waals surface area contributed by atoms with Gasteiger partial charge < -0.3 is 13.7 Å². The van der Waals surface area contributed by atoms with Crippen molar-refractivity contribution in [3.8, 4) is 0 Å². The molecule has 1 saturated heterocycles. The number of benzene rings is 1. The number of fused-ring (bicyclic) bond motifs is 1. The van der Waals surface area contributed by atoms with E-state index in [1.54, 1.807) is 12.1 Å². The number of carbonyl (C=O) groups is 2. The second kappa shape index (κ2) is 6.93. The van der Waals surface area contributed by atoms with Crippen LogP contribution in [0, 0.1) is 6.92 Å². The lowest BCUT2D eigenvalue weighted by Crippen LogP contribution is -2.65. The number of hydrogen-bond donors (Lipinski definition) is 0. The van der Waals surface area contributed by atoms with E-state index in [0.717, 1.165) is 17.6 Å². The highest BCUT2D eigenvalue weighted by atomic mass is 32.2. The van der Waals surface area contributed by atoms with Gasteiger partial charge in [0.05, 0.1) is 12.9 Å². The topological polar surface area (TPSA) is 99.2 Å². The molecule has 2 unspecified atom stereocenters. The molecule has 1 amide bonds. The number of hydrogen-bond acceptors (Lipinski definition) is 8. The van der Waals surface area contributed by atoms with Crippen LogP contribution in [0.5, 0.6) is 0 Å². The molecular weight excluding hydrogens is 382 g/mol. The van der Waals surface area contributed by atoms with Crippen molar-refractivity contribution >= 4 is 33.8 Å². The molecule has 10 heteroatoms. The fourth-order valence-corrected chi connectivity index (χ4v) is 5.00. The van der Waals surface area contributed by atoms with Gasteiger partial charge in [0.2, 0.25) is 0 Å². The van der Waals surface area contributed by atoms with Gasteiger partial charge in [-0.3, -0.25) is 9.69 Å². The van der Waals surface area contributed by atoms with Gasteiger partial charge >= 0.3 is 16.1 Å². The minimum absolute atomic E-state index is 0.0448. The van der Waals surface area contributed by atoms with Gasteiger partial charge in [-0.1, -0.05) is 17.7 Å². The van der Waals surface area contributed by atoms with Gasteiger partial charge in [-0.15, -0.1) is 11.8 Å². The van der Waals surface area contributed by atoms with Crippen LogP contribution >= 0.6 is 11.8 Å². The largest absolute Gasteiger partial charge is 0.464 e. The molecule has 1 aromatic carbocycles. The van der Waals surface area contributed by atoms with E-state index in [4.69, 9.17) is 13.7 Å². The van der Waals surface area contributed by atoms with Crippen molar-refractivity contribution in [1.82, 2.24) is 4.90 Å². The molecule has 0 aromatic heterocycles. The van der Waals surface area contributed by atoms with Gasteiger partial charge in [-0.05, 0) is 19.1 Å². The summed E-state index contributed by atoms with van der Waals surface area (Å²) in [6.07, 6.45) is -0.685. The first kappa shape index (κ1) is 18.7. The van der Waals surface area contributed by atoms with Crippen molar-refractivity contribution in [2.75, 3.05) is 20.0 Å². The molecule has 0 aliphatic carbocycles. The van der Waals surface area contributed by atoms with Crippen LogP contribution in [0.3, 0.4) is 0 Å². The molecule has 8 nitrogen and oxygen atoms in total. The van der Waals surface area contributed by atoms with Crippen molar-refractivity contribution in [3.63, 3.8) is 0 Å². The van der Waals surface area contributed by atoms with Crippen LogP contribution in [0.4, 0.5) is 0 Å². The van der Waals surface area contributed by atoms with Crippen LogP contribution in [0.25, 0.3) is 0 Å². The van der Waals surface area contributed by atoms with E-state index in [9.17, 15) is 18.0 Å². The maximum Gasteiger partial charge on any atom is 0.358 e. The van der Waals surface area contributed by atoms with Crippen molar-refractivity contribution in [3.05, 3.63) is 41.3 Å². The van der Waals surface area contributed by atoms with E-state index in [2.05, 4.69) is 0 Å². The molecule has 3 rings (SSSR count). The van der Waals surface area contributed by atoms with Crippen molar-refractivity contribution in [1.29, 1.82) is 0 Å². The van der Waals surface area contributed by atoms with Crippen LogP contribution in [-0.4, -0.2) is 56.6 Å². The highest BCUT2D eigenvalue weighted by molar-refractivity contribution is 8.00. The van der Waals surface area contributed by atoms with Crippen LogP contribution in [0.1, 0.15) is 5.56 Å². The van der Waals surface area contributed by atoms with E-state index in [-0.39, 0.29) is 22.1 Å². The lowest BCUT2D eigenvalue weighted by Gasteiger charge is -2.48. The Morgan fingerprint density at radius 1 is 1.23 bits per heavy atom. The number of carbonyl (C=O) groups excluding carboxylic acids is 2. The zero-order valence-electron chi connectivity index (χ0n) is 14.3. The van der Waals surface area contributed by atoms with Crippen LogP contribution in [0.2, 0.25) is 0 Å². The molecule has 0 N–H and O–H groups in total. The van der Waals surface area contributed by atoms with Gasteiger partial charge in [0, 0.05) is 7.11 Å². The zero-order chi connectivity index (χ0) is 19.1. The Morgan fingerprint density at radius 2 is 1.88 bits per heavy atom. The zero-order valence-corrected chi connectivity index (χ0v) is 15.9. The SMILES string of the molecule is COC(=O)C1=C(OS(=O)(=O)c2ccc(C)cc2)CSC2C(OC)C(=O)N12. The number of methoxy groups -OCH3 is 2. The Labute approximate surface area is 155 Å². The molecule has 1 fully saturated rings. The van der Waals surface area contributed by atoms with Gasteiger partial charge in [0.25, 0.3) is 5.91 Å². The normalized spacial score (nSPS) is 22.6. The number of β-lactam (4-membered cyclic amide) rings is 1. The summed E-state index contributed by atoms with van der Waals surface area (Å²) < 4.78 is 40.1. The smallest absolute Gasteiger partial charge is 0.358 e. The first-order valence-corrected chi connectivity index (χ1v) is 10.1. The van der Waals surface area contributed by atoms with Crippen LogP contribution < -0.4 is 0 Å². The van der Waals surface area contributed by atoms with Crippen molar-refractivity contribution in [2.24, 2.45) is 0 Å². The fourth-order valence-electron chi connectivity index (χ4n) is 2.68. The molecule has 2 aliphatic heterocycles. The maximum atomic E-state index is 12.5. The van der Waals surface area contributed by atoms with Crippen LogP contribution in [0.15, 0.2) is 40.6 Å². The number of amides is 1. The first-order valence-electron chi connectivity index (χ1n) is 7.60. The summed E-state index contributed by atoms with van der Waals surface area (Å²) in [5.74, 6) is -1.34. The molecule has 2 aliphatic rings. The molecule has 0 radical (unpaired) electrons. The molecule has 2 heterocycles. The molecule has 1 aromatic rings. The molecular formula is C16H17NO7S2. The average molecular weight is 399 g/mol. The number of esters is 1. The molecule has 0 spiro atoms. The Kier molecular flexibility index (Phi) is 5.00. The molecule has 140 valence electrons. The number of thioether (sulfide) groups is 1. The average Bonchev–Trinajstić information content (AvgIpc) is 2.61. The van der Waals surface area contributed by atoms with Gasteiger partial charge in [-0.2, -0.15) is 8.42 Å². The third kappa shape index (κ3) is 3.08. The van der Waals surface area contributed by atoms with E-state index in [1.807, 2.05) is 6.92 Å². The highest BCUT2D eigenvalue weighted by Gasteiger charge is 2.55. The van der Waals surface area contributed by atoms with Gasteiger partial charge in [-0.25, -0.2) is 4.79 Å². The number of aryl methyl sites for hydroxylation is 1. The quantitative estimate of drug-likeness (QED) is 0.411. The Hall–Kier alpha value is -2.04. The van der Waals surface area contributed by atoms with Gasteiger partial charge in [0.1, 0.15) is 10.3 Å². The second-order valence-electron chi connectivity index (χ2n) is 5.68. The predicted molar refractivity (Wildman–Crippen MR) is 92.4 cm³/mol. The Morgan fingerprint density at radius 3 is 2.46 bits per heavy atom. The minimum atomic E-state index is -4.15. The molecule has 0 saturated carbocycles. The van der Waals surface area contributed by atoms with Crippen molar-refractivity contribution < 1.29 is 31.7 Å². The van der Waals surface area contributed by atoms with Crippen molar-refractivity contribution in [2.45, 2.75) is 23.3 Å². The lowest BCUT2D eigenvalue weighted by molar-refractivity contribution is -0.163. The summed E-state index contributed by atoms with van der Waals surface area (Å²) in [5, 5.41) is -0.420. The summed E-state index contributed by atoms with van der Waals surface area (Å²) in [6, 6.07) is 6.11. The third-order valence-electron chi connectivity index (χ3n) is 4.04. The lowest BCUT2D eigenvalue weighted by atomic mass is 10.1. The standard InChI is InChI=1S/C16H17NO7S2/c1-9-4-6-10(7-5-9)26(20,21)24-11-8-25-15-13(22-2)14(18)17(15)12(11)16(19)23-3/h4-7,13,15H,8H2,1-3H3. The van der Waals surface area contributed by atoms with Crippen LogP contribution in [-0.2, 0) is 33.4 Å². The maximum absolute atomic E-state index is 12.5. The van der Waals surface area contributed by atoms with Gasteiger partial charge in [0.15, 0.2) is 17.6 Å². The summed E-state index contributed by atoms with van der Waals surface area (Å²) in [5.41, 5.74) is 0.691. The summed E-state index contributed by atoms with van der Waals surface area (Å²) >= 11 is 1.25. The Balaban J connectivity index is 1.97. The molecule has 26 heavy (non-hydrogen) atoms. The van der Waals surface area contributed by atoms with E-state index >= 15 is 0 Å². The number of nitrogens with zero attached hydrogens (tertiary/aromatic N) is 1. The third-order valence-corrected chi connectivity index (χ3v) is 6.54. The van der Waals surface area contributed by atoms with E-state index in [0.29, 0.717) is 0 Å². The molecule has 2 atom stereocenters. The molecule has 0 bridgehead atoms. The predicted octanol–water partition coefficient (Wildman–Crippen LogP) is 1.02. The summed E-state index contributed by atoms with van der Waals surface area (Å²) in [7, 11) is -1.61. The fraction of sp³-hybridized carbons (Fsp3) is 0.375. The number of rotatable bonds is 5.